The zero-order valence-corrected chi connectivity index (χ0v) is 9.49. The average molecular weight is 209 g/mol. The van der Waals surface area contributed by atoms with Crippen LogP contribution in [-0.2, 0) is 0 Å². The van der Waals surface area contributed by atoms with Crippen LogP contribution in [0.25, 0.3) is 0 Å². The van der Waals surface area contributed by atoms with E-state index in [9.17, 15) is 0 Å². The molecule has 0 spiro atoms. The molecule has 0 aliphatic carbocycles. The first-order valence-electron chi connectivity index (χ1n) is 3.85. The molecule has 0 radical (unpaired) electrons. The maximum atomic E-state index is 6.02. The second-order valence-electron chi connectivity index (χ2n) is 2.30. The number of halogens is 2. The number of hydrogen-bond donors (Lipinski definition) is 0. The van der Waals surface area contributed by atoms with Crippen molar-refractivity contribution in [3.63, 3.8) is 0 Å². The summed E-state index contributed by atoms with van der Waals surface area (Å²) in [5.74, 6) is 0. The fraction of sp³-hybridized carbons (Fsp3) is 0.500. The van der Waals surface area contributed by atoms with Gasteiger partial charge in [-0.15, -0.1) is 22.2 Å². The van der Waals surface area contributed by atoms with Crippen LogP contribution < -0.4 is 0 Å². The molecule has 0 aromatic rings. The van der Waals surface area contributed by atoms with E-state index in [1.165, 1.54) is 0 Å². The molecule has 3 heteroatoms. The van der Waals surface area contributed by atoms with Gasteiger partial charge in [0, 0.05) is 0 Å². The van der Waals surface area contributed by atoms with Gasteiger partial charge in [0.25, 0.3) is 6.69 Å². The van der Waals surface area contributed by atoms with E-state index in [4.69, 9.17) is 22.2 Å². The molecule has 0 atom stereocenters. The van der Waals surface area contributed by atoms with Crippen molar-refractivity contribution in [3.8, 4) is 0 Å². The summed E-state index contributed by atoms with van der Waals surface area (Å²) in [5.41, 5.74) is 3.87. The molecule has 0 bridgehead atoms. The van der Waals surface area contributed by atoms with Gasteiger partial charge >= 0.3 is 0 Å². The van der Waals surface area contributed by atoms with Crippen molar-refractivity contribution in [1.82, 2.24) is 0 Å². The second kappa shape index (κ2) is 5.87. The van der Waals surface area contributed by atoms with Crippen molar-refractivity contribution < 1.29 is 0 Å². The fourth-order valence-corrected chi connectivity index (χ4v) is 2.89. The molecule has 0 aliphatic heterocycles. The predicted octanol–water partition coefficient (Wildman–Crippen LogP) is 3.92. The predicted molar refractivity (Wildman–Crippen MR) is 56.3 cm³/mol. The minimum atomic E-state index is -2.16. The molecule has 0 aromatic carbocycles. The summed E-state index contributed by atoms with van der Waals surface area (Å²) in [6.07, 6.45) is 6.03. The maximum Gasteiger partial charge on any atom is 0.295 e. The molecule has 0 unspecified atom stereocenters. The number of allylic oxidation sites excluding steroid dienone is 2. The van der Waals surface area contributed by atoms with Crippen molar-refractivity contribution in [2.75, 3.05) is 0 Å². The molecular formula is C8H14Cl2Si. The largest absolute Gasteiger partial charge is 0.295 e. The molecule has 0 heterocycles. The standard InChI is InChI=1S/C8H14Cl2Si/c1-3-5-7-11(9,10)8-6-4-2/h5-8H,3-4H2,1-2H3. The highest BCUT2D eigenvalue weighted by atomic mass is 35.7. The topological polar surface area (TPSA) is 0 Å². The van der Waals surface area contributed by atoms with E-state index < -0.39 is 6.69 Å². The lowest BCUT2D eigenvalue weighted by atomic mass is 10.5. The Kier molecular flexibility index (Phi) is 6.02. The van der Waals surface area contributed by atoms with E-state index >= 15 is 0 Å². The van der Waals surface area contributed by atoms with Crippen LogP contribution in [-0.4, -0.2) is 6.69 Å². The molecule has 0 saturated heterocycles. The van der Waals surface area contributed by atoms with Crippen LogP contribution in [0.3, 0.4) is 0 Å². The summed E-state index contributed by atoms with van der Waals surface area (Å²) in [4.78, 5) is 0. The summed E-state index contributed by atoms with van der Waals surface area (Å²) in [5, 5.41) is 0. The minimum absolute atomic E-state index is 0.994. The van der Waals surface area contributed by atoms with Crippen molar-refractivity contribution >= 4 is 28.9 Å². The fourth-order valence-electron chi connectivity index (χ4n) is 0.606. The lowest BCUT2D eigenvalue weighted by Crippen LogP contribution is -2.11. The summed E-state index contributed by atoms with van der Waals surface area (Å²) >= 11 is 12.0. The van der Waals surface area contributed by atoms with Gasteiger partial charge in [-0.3, -0.25) is 0 Å². The highest BCUT2D eigenvalue weighted by molar-refractivity contribution is 7.49. The zero-order valence-electron chi connectivity index (χ0n) is 6.98. The monoisotopic (exact) mass is 208 g/mol. The van der Waals surface area contributed by atoms with Crippen LogP contribution in [0.15, 0.2) is 23.6 Å². The minimum Gasteiger partial charge on any atom is -0.135 e. The third-order valence-corrected chi connectivity index (χ3v) is 4.02. The smallest absolute Gasteiger partial charge is 0.135 e. The van der Waals surface area contributed by atoms with Crippen molar-refractivity contribution in [1.29, 1.82) is 0 Å². The second-order valence-corrected chi connectivity index (χ2v) is 8.64. The Labute approximate surface area is 79.3 Å². The first-order chi connectivity index (χ1) is 5.12. The van der Waals surface area contributed by atoms with Crippen LogP contribution in [0, 0.1) is 0 Å². The first-order valence-corrected chi connectivity index (χ1v) is 8.03. The van der Waals surface area contributed by atoms with Gasteiger partial charge in [0.2, 0.25) is 0 Å². The molecule has 0 rings (SSSR count). The van der Waals surface area contributed by atoms with E-state index in [1.807, 2.05) is 23.6 Å². The molecular weight excluding hydrogens is 195 g/mol. The molecule has 0 saturated carbocycles. The van der Waals surface area contributed by atoms with Crippen LogP contribution >= 0.6 is 22.2 Å². The molecule has 0 nitrogen and oxygen atoms in total. The first kappa shape index (κ1) is 11.3. The van der Waals surface area contributed by atoms with Gasteiger partial charge in [-0.25, -0.2) is 0 Å². The van der Waals surface area contributed by atoms with E-state index in [-0.39, 0.29) is 0 Å². The van der Waals surface area contributed by atoms with E-state index in [1.54, 1.807) is 0 Å². The van der Waals surface area contributed by atoms with Crippen LogP contribution in [0.2, 0.25) is 0 Å². The highest BCUT2D eigenvalue weighted by Gasteiger charge is 2.19. The summed E-state index contributed by atoms with van der Waals surface area (Å²) in [7, 11) is 0. The van der Waals surface area contributed by atoms with Crippen molar-refractivity contribution in [2.45, 2.75) is 26.7 Å². The molecule has 0 aliphatic rings. The SMILES string of the molecule is CCC=C[Si](Cl)(Cl)C=CCC. The molecule has 11 heavy (non-hydrogen) atoms. The third kappa shape index (κ3) is 6.67. The van der Waals surface area contributed by atoms with Gasteiger partial charge in [0.15, 0.2) is 0 Å². The lowest BCUT2D eigenvalue weighted by Gasteiger charge is -2.03. The molecule has 0 fully saturated rings. The number of rotatable bonds is 4. The van der Waals surface area contributed by atoms with Crippen LogP contribution in [0.5, 0.6) is 0 Å². The third-order valence-electron chi connectivity index (χ3n) is 1.15. The Morgan fingerprint density at radius 2 is 1.36 bits per heavy atom. The zero-order chi connectivity index (χ0) is 8.74. The Morgan fingerprint density at radius 3 is 1.64 bits per heavy atom. The molecule has 0 aromatic heterocycles. The Morgan fingerprint density at radius 1 is 1.00 bits per heavy atom. The normalized spacial score (nSPS) is 13.5. The molecule has 64 valence electrons. The lowest BCUT2D eigenvalue weighted by molar-refractivity contribution is 1.22. The Bertz CT molecular complexity index is 134. The quantitative estimate of drug-likeness (QED) is 0.486. The Hall–Kier alpha value is 0.277. The van der Waals surface area contributed by atoms with Gasteiger partial charge in [0.1, 0.15) is 0 Å². The summed E-state index contributed by atoms with van der Waals surface area (Å²) in [6.45, 7) is 1.97. The van der Waals surface area contributed by atoms with Gasteiger partial charge in [-0.2, -0.15) is 0 Å². The van der Waals surface area contributed by atoms with Crippen LogP contribution in [0.1, 0.15) is 26.7 Å². The highest BCUT2D eigenvalue weighted by Crippen LogP contribution is 2.18. The van der Waals surface area contributed by atoms with E-state index in [2.05, 4.69) is 13.8 Å². The van der Waals surface area contributed by atoms with Crippen molar-refractivity contribution in [3.05, 3.63) is 23.6 Å². The van der Waals surface area contributed by atoms with E-state index in [0.717, 1.165) is 12.8 Å². The molecule has 0 amide bonds. The van der Waals surface area contributed by atoms with Gasteiger partial charge in [0.05, 0.1) is 0 Å². The van der Waals surface area contributed by atoms with Gasteiger partial charge < -0.3 is 0 Å². The maximum absolute atomic E-state index is 6.02. The van der Waals surface area contributed by atoms with Gasteiger partial charge in [-0.05, 0) is 12.8 Å². The molecule has 0 N–H and O–H groups in total. The summed E-state index contributed by atoms with van der Waals surface area (Å²) in [6, 6.07) is 0. The van der Waals surface area contributed by atoms with Gasteiger partial charge in [-0.1, -0.05) is 37.4 Å². The number of hydrogen-bond acceptors (Lipinski definition) is 0. The average Bonchev–Trinajstić information content (AvgIpc) is 1.97. The summed E-state index contributed by atoms with van der Waals surface area (Å²) < 4.78 is 0. The Balaban J connectivity index is 3.99. The van der Waals surface area contributed by atoms with E-state index in [0.29, 0.717) is 0 Å². The van der Waals surface area contributed by atoms with Crippen LogP contribution in [0.4, 0.5) is 0 Å². The van der Waals surface area contributed by atoms with Crippen molar-refractivity contribution in [2.24, 2.45) is 0 Å².